The highest BCUT2D eigenvalue weighted by molar-refractivity contribution is 6.30. The van der Waals surface area contributed by atoms with Crippen LogP contribution in [0.3, 0.4) is 0 Å². The van der Waals surface area contributed by atoms with Crippen LogP contribution in [-0.2, 0) is 9.53 Å². The monoisotopic (exact) mass is 389 g/mol. The van der Waals surface area contributed by atoms with E-state index >= 15 is 0 Å². The molecule has 5 nitrogen and oxygen atoms in total. The molecule has 0 spiro atoms. The summed E-state index contributed by atoms with van der Waals surface area (Å²) in [5.41, 5.74) is 1.18. The minimum Gasteiger partial charge on any atom is -0.491 e. The summed E-state index contributed by atoms with van der Waals surface area (Å²) in [7, 11) is 0. The predicted molar refractivity (Wildman–Crippen MR) is 105 cm³/mol. The summed E-state index contributed by atoms with van der Waals surface area (Å²) in [4.78, 5) is 14.5. The maximum Gasteiger partial charge on any atom is 0.263 e. The highest BCUT2D eigenvalue weighted by Gasteiger charge is 2.28. The Morgan fingerprint density at radius 1 is 1.26 bits per heavy atom. The summed E-state index contributed by atoms with van der Waals surface area (Å²) < 4.78 is 17.3. The van der Waals surface area contributed by atoms with Gasteiger partial charge in [-0.1, -0.05) is 35.4 Å². The second-order valence-electron chi connectivity index (χ2n) is 6.62. The van der Waals surface area contributed by atoms with E-state index < -0.39 is 6.10 Å². The van der Waals surface area contributed by atoms with Gasteiger partial charge in [-0.15, -0.1) is 0 Å². The third-order valence-corrected chi connectivity index (χ3v) is 4.60. The molecule has 1 amide bonds. The van der Waals surface area contributed by atoms with Gasteiger partial charge in [-0.25, -0.2) is 0 Å². The van der Waals surface area contributed by atoms with Crippen molar-refractivity contribution in [3.63, 3.8) is 0 Å². The lowest BCUT2D eigenvalue weighted by atomic mass is 10.2. The topological polar surface area (TPSA) is 48.0 Å². The first-order valence-corrected chi connectivity index (χ1v) is 9.41. The van der Waals surface area contributed by atoms with E-state index in [4.69, 9.17) is 25.8 Å². The van der Waals surface area contributed by atoms with Gasteiger partial charge in [-0.2, -0.15) is 0 Å². The van der Waals surface area contributed by atoms with Gasteiger partial charge >= 0.3 is 0 Å². The minimum absolute atomic E-state index is 0.0707. The molecule has 1 saturated heterocycles. The summed E-state index contributed by atoms with van der Waals surface area (Å²) >= 11 is 5.96. The summed E-state index contributed by atoms with van der Waals surface area (Å²) in [5, 5.41) is 0.576. The smallest absolute Gasteiger partial charge is 0.263 e. The predicted octanol–water partition coefficient (Wildman–Crippen LogP) is 3.72. The second-order valence-corrected chi connectivity index (χ2v) is 7.05. The van der Waals surface area contributed by atoms with Crippen LogP contribution in [0, 0.1) is 6.92 Å². The Morgan fingerprint density at radius 2 is 2.04 bits per heavy atom. The molecule has 0 aromatic heterocycles. The molecule has 0 saturated carbocycles. The standard InChI is InChI=1S/C21H24ClNO4/c1-15-6-8-18(9-7-15)26-14-20-13-23(10-11-25-20)21(24)16(2)27-19-5-3-4-17(22)12-19/h3-9,12,16,20H,10-11,13-14H2,1-2H3. The molecule has 0 bridgehead atoms. The van der Waals surface area contributed by atoms with E-state index in [1.807, 2.05) is 31.2 Å². The number of aryl methyl sites for hydroxylation is 1. The molecule has 1 heterocycles. The molecular formula is C21H24ClNO4. The van der Waals surface area contributed by atoms with E-state index in [0.29, 0.717) is 37.1 Å². The average molecular weight is 390 g/mol. The van der Waals surface area contributed by atoms with Gasteiger partial charge in [0.2, 0.25) is 0 Å². The van der Waals surface area contributed by atoms with Crippen molar-refractivity contribution in [3.8, 4) is 11.5 Å². The maximum absolute atomic E-state index is 12.7. The van der Waals surface area contributed by atoms with Crippen LogP contribution in [0.2, 0.25) is 5.02 Å². The first-order valence-electron chi connectivity index (χ1n) is 9.03. The average Bonchev–Trinajstić information content (AvgIpc) is 2.67. The third-order valence-electron chi connectivity index (χ3n) is 4.36. The van der Waals surface area contributed by atoms with Crippen molar-refractivity contribution < 1.29 is 19.0 Å². The Balaban J connectivity index is 1.51. The molecule has 144 valence electrons. The fraction of sp³-hybridized carbons (Fsp3) is 0.381. The molecule has 6 heteroatoms. The Hall–Kier alpha value is -2.24. The van der Waals surface area contributed by atoms with Gasteiger partial charge in [0.25, 0.3) is 5.91 Å². The zero-order chi connectivity index (χ0) is 19.2. The van der Waals surface area contributed by atoms with Gasteiger partial charge in [0.1, 0.15) is 24.2 Å². The molecule has 27 heavy (non-hydrogen) atoms. The number of hydrogen-bond acceptors (Lipinski definition) is 4. The van der Waals surface area contributed by atoms with Crippen molar-refractivity contribution in [3.05, 3.63) is 59.1 Å². The zero-order valence-electron chi connectivity index (χ0n) is 15.6. The molecule has 1 aliphatic rings. The molecule has 0 N–H and O–H groups in total. The normalized spacial score (nSPS) is 18.0. The van der Waals surface area contributed by atoms with Gasteiger partial charge in [-0.05, 0) is 44.2 Å². The minimum atomic E-state index is -0.597. The van der Waals surface area contributed by atoms with Gasteiger partial charge < -0.3 is 19.1 Å². The van der Waals surface area contributed by atoms with E-state index in [0.717, 1.165) is 5.75 Å². The van der Waals surface area contributed by atoms with Crippen LogP contribution in [-0.4, -0.2) is 49.3 Å². The number of benzene rings is 2. The maximum atomic E-state index is 12.7. The lowest BCUT2D eigenvalue weighted by Crippen LogP contribution is -2.51. The largest absolute Gasteiger partial charge is 0.491 e. The van der Waals surface area contributed by atoms with Crippen molar-refractivity contribution >= 4 is 17.5 Å². The zero-order valence-corrected chi connectivity index (χ0v) is 16.3. The lowest BCUT2D eigenvalue weighted by Gasteiger charge is -2.34. The highest BCUT2D eigenvalue weighted by atomic mass is 35.5. The Kier molecular flexibility index (Phi) is 6.58. The molecule has 0 aliphatic carbocycles. The van der Waals surface area contributed by atoms with Crippen LogP contribution in [0.15, 0.2) is 48.5 Å². The van der Waals surface area contributed by atoms with Gasteiger partial charge in [0.05, 0.1) is 13.2 Å². The highest BCUT2D eigenvalue weighted by Crippen LogP contribution is 2.19. The number of carbonyl (C=O) groups is 1. The Morgan fingerprint density at radius 3 is 2.78 bits per heavy atom. The Labute approximate surface area is 164 Å². The van der Waals surface area contributed by atoms with Crippen LogP contribution in [0.4, 0.5) is 0 Å². The van der Waals surface area contributed by atoms with Gasteiger partial charge in [0.15, 0.2) is 6.10 Å². The number of ether oxygens (including phenoxy) is 3. The van der Waals surface area contributed by atoms with Crippen LogP contribution >= 0.6 is 11.6 Å². The van der Waals surface area contributed by atoms with Crippen LogP contribution in [0.1, 0.15) is 12.5 Å². The molecule has 1 fully saturated rings. The summed E-state index contributed by atoms with van der Waals surface area (Å²) in [6.45, 7) is 5.69. The molecule has 3 rings (SSSR count). The van der Waals surface area contributed by atoms with Crippen LogP contribution in [0.25, 0.3) is 0 Å². The molecule has 2 aromatic carbocycles. The number of nitrogens with zero attached hydrogens (tertiary/aromatic N) is 1. The number of hydrogen-bond donors (Lipinski definition) is 0. The molecular weight excluding hydrogens is 366 g/mol. The van der Waals surface area contributed by atoms with E-state index in [2.05, 4.69) is 0 Å². The molecule has 0 radical (unpaired) electrons. The second kappa shape index (κ2) is 9.11. The van der Waals surface area contributed by atoms with Crippen molar-refractivity contribution in [2.75, 3.05) is 26.3 Å². The van der Waals surface area contributed by atoms with Crippen molar-refractivity contribution in [1.29, 1.82) is 0 Å². The summed E-state index contributed by atoms with van der Waals surface area (Å²) in [5.74, 6) is 1.31. The van der Waals surface area contributed by atoms with E-state index in [1.165, 1.54) is 5.56 Å². The summed E-state index contributed by atoms with van der Waals surface area (Å²) in [6.07, 6.45) is -0.761. The SMILES string of the molecule is Cc1ccc(OCC2CN(C(=O)C(C)Oc3cccc(Cl)c3)CCO2)cc1. The first-order chi connectivity index (χ1) is 13.0. The molecule has 1 aliphatic heterocycles. The number of halogens is 1. The van der Waals surface area contributed by atoms with Gasteiger partial charge in [0, 0.05) is 11.6 Å². The van der Waals surface area contributed by atoms with E-state index in [9.17, 15) is 4.79 Å². The first kappa shape index (κ1) is 19.5. The van der Waals surface area contributed by atoms with Crippen molar-refractivity contribution in [2.45, 2.75) is 26.1 Å². The number of morpholine rings is 1. The number of amides is 1. The van der Waals surface area contributed by atoms with Crippen LogP contribution < -0.4 is 9.47 Å². The quantitative estimate of drug-likeness (QED) is 0.755. The van der Waals surface area contributed by atoms with E-state index in [1.54, 1.807) is 36.1 Å². The third kappa shape index (κ3) is 5.62. The molecule has 2 atom stereocenters. The van der Waals surface area contributed by atoms with Gasteiger partial charge in [-0.3, -0.25) is 4.79 Å². The Bertz CT molecular complexity index is 765. The van der Waals surface area contributed by atoms with Crippen molar-refractivity contribution in [1.82, 2.24) is 4.90 Å². The molecule has 2 aromatic rings. The van der Waals surface area contributed by atoms with Crippen LogP contribution in [0.5, 0.6) is 11.5 Å². The number of rotatable bonds is 6. The fourth-order valence-electron chi connectivity index (χ4n) is 2.90. The van der Waals surface area contributed by atoms with Crippen molar-refractivity contribution in [2.24, 2.45) is 0 Å². The molecule has 2 unspecified atom stereocenters. The van der Waals surface area contributed by atoms with E-state index in [-0.39, 0.29) is 12.0 Å². The lowest BCUT2D eigenvalue weighted by molar-refractivity contribution is -0.146. The summed E-state index contributed by atoms with van der Waals surface area (Å²) in [6, 6.07) is 14.9. The fourth-order valence-corrected chi connectivity index (χ4v) is 3.08. The number of carbonyl (C=O) groups excluding carboxylic acids is 1.